The molecule has 2 heterocycles. The first-order valence-corrected chi connectivity index (χ1v) is 14.6. The number of hydrogen-bond acceptors (Lipinski definition) is 3. The van der Waals surface area contributed by atoms with E-state index in [1.54, 1.807) is 17.9 Å². The number of likely N-dealkylation sites (tertiary alicyclic amines) is 1. The maximum Gasteiger partial charge on any atom is 0.320 e. The van der Waals surface area contributed by atoms with Gasteiger partial charge in [-0.3, -0.25) is 4.79 Å². The molecule has 0 aromatic heterocycles. The Morgan fingerprint density at radius 3 is 2.27 bits per heavy atom. The van der Waals surface area contributed by atoms with E-state index in [1.165, 1.54) is 11.1 Å². The molecule has 6 nitrogen and oxygen atoms in total. The van der Waals surface area contributed by atoms with Crippen LogP contribution in [0.2, 0.25) is 10.0 Å². The second-order valence-corrected chi connectivity index (χ2v) is 11.8. The maximum absolute atomic E-state index is 12.9. The molecule has 40 heavy (non-hydrogen) atoms. The van der Waals surface area contributed by atoms with Gasteiger partial charge in [0.05, 0.1) is 21.6 Å². The smallest absolute Gasteiger partial charge is 0.320 e. The summed E-state index contributed by atoms with van der Waals surface area (Å²) in [5, 5.41) is 4.27. The fourth-order valence-electron chi connectivity index (χ4n) is 6.00. The van der Waals surface area contributed by atoms with Crippen LogP contribution < -0.4 is 5.32 Å². The van der Waals surface area contributed by atoms with Crippen molar-refractivity contribution in [3.8, 4) is 0 Å². The van der Waals surface area contributed by atoms with Gasteiger partial charge in [0.2, 0.25) is 5.91 Å². The van der Waals surface area contributed by atoms with Crippen LogP contribution in [0, 0.1) is 0 Å². The molecule has 0 bridgehead atoms. The van der Waals surface area contributed by atoms with E-state index < -0.39 is 0 Å². The summed E-state index contributed by atoms with van der Waals surface area (Å²) in [6, 6.07) is 24.5. The van der Waals surface area contributed by atoms with Crippen LogP contribution in [0.5, 0.6) is 0 Å². The van der Waals surface area contributed by atoms with Gasteiger partial charge in [0.1, 0.15) is 0 Å². The van der Waals surface area contributed by atoms with Gasteiger partial charge in [-0.25, -0.2) is 4.79 Å². The number of nitrogens with zero attached hydrogens (tertiary/aromatic N) is 3. The van der Waals surface area contributed by atoms with E-state index in [1.807, 2.05) is 42.3 Å². The summed E-state index contributed by atoms with van der Waals surface area (Å²) in [6.07, 6.45) is 2.76. The summed E-state index contributed by atoms with van der Waals surface area (Å²) in [6.45, 7) is 5.64. The number of nitrogens with one attached hydrogen (secondary N) is 1. The van der Waals surface area contributed by atoms with E-state index in [0.29, 0.717) is 23.1 Å². The largest absolute Gasteiger partial charge is 0.347 e. The molecule has 5 rings (SSSR count). The molecule has 1 N–H and O–H groups in total. The van der Waals surface area contributed by atoms with E-state index in [-0.39, 0.29) is 23.5 Å². The molecular formula is C32H36Cl2N4O2. The van der Waals surface area contributed by atoms with Crippen molar-refractivity contribution >= 4 is 35.1 Å². The lowest BCUT2D eigenvalue weighted by Gasteiger charge is -2.42. The van der Waals surface area contributed by atoms with Gasteiger partial charge >= 0.3 is 6.03 Å². The van der Waals surface area contributed by atoms with Crippen LogP contribution in [0.3, 0.4) is 0 Å². The second-order valence-electron chi connectivity index (χ2n) is 11.0. The van der Waals surface area contributed by atoms with E-state index in [2.05, 4.69) is 46.6 Å². The Hall–Kier alpha value is -3.06. The minimum atomic E-state index is -0.287. The molecule has 0 aliphatic carbocycles. The Morgan fingerprint density at radius 1 is 0.950 bits per heavy atom. The molecule has 2 saturated heterocycles. The number of hydrogen-bond donors (Lipinski definition) is 1. The molecule has 1 unspecified atom stereocenters. The number of halogens is 2. The van der Waals surface area contributed by atoms with Gasteiger partial charge in [-0.2, -0.15) is 0 Å². The minimum absolute atomic E-state index is 0.0103. The summed E-state index contributed by atoms with van der Waals surface area (Å²) in [5.74, 6) is 0.0181. The van der Waals surface area contributed by atoms with Gasteiger partial charge in [-0.1, -0.05) is 83.9 Å². The number of likely N-dealkylation sites (N-methyl/N-ethyl adjacent to an activating group) is 1. The highest BCUT2D eigenvalue weighted by Crippen LogP contribution is 2.34. The van der Waals surface area contributed by atoms with Crippen molar-refractivity contribution < 1.29 is 9.59 Å². The molecule has 210 valence electrons. The number of piperidine rings is 1. The van der Waals surface area contributed by atoms with Crippen molar-refractivity contribution in [3.63, 3.8) is 0 Å². The lowest BCUT2D eigenvalue weighted by Crippen LogP contribution is -2.52. The summed E-state index contributed by atoms with van der Waals surface area (Å²) in [7, 11) is 1.83. The van der Waals surface area contributed by atoms with Gasteiger partial charge in [0.15, 0.2) is 0 Å². The molecule has 8 heteroatoms. The van der Waals surface area contributed by atoms with Crippen molar-refractivity contribution in [1.29, 1.82) is 0 Å². The van der Waals surface area contributed by atoms with Crippen LogP contribution >= 0.6 is 23.2 Å². The Labute approximate surface area is 246 Å². The van der Waals surface area contributed by atoms with E-state index in [9.17, 15) is 9.59 Å². The zero-order valence-electron chi connectivity index (χ0n) is 23.1. The molecular weight excluding hydrogens is 543 g/mol. The SMILES string of the molecule is CC(=O)NC1(c2ccccc2)CCN(CCc2ccc(CN3CC(c4ccc(Cl)c(Cl)c4)N(C)C3=O)cc2)CC1. The third-order valence-electron chi connectivity index (χ3n) is 8.33. The standard InChI is InChI=1S/C32H36Cl2N4O2/c1-23(39)35-32(27-6-4-3-5-7-27)15-18-37(19-16-32)17-14-24-8-10-25(11-9-24)21-38-22-30(36(2)31(38)40)26-12-13-28(33)29(34)20-26/h3-13,20,30H,14-19,21-22H2,1-2H3,(H,35,39). The van der Waals surface area contributed by atoms with Crippen molar-refractivity contribution in [1.82, 2.24) is 20.0 Å². The number of rotatable bonds is 8. The molecule has 0 radical (unpaired) electrons. The lowest BCUT2D eigenvalue weighted by atomic mass is 9.80. The van der Waals surface area contributed by atoms with Crippen LogP contribution in [0.1, 0.15) is 48.1 Å². The molecule has 3 aromatic rings. The molecule has 3 aromatic carbocycles. The predicted octanol–water partition coefficient (Wildman–Crippen LogP) is 6.27. The molecule has 3 amide bonds. The van der Waals surface area contributed by atoms with Gasteiger partial charge in [-0.15, -0.1) is 0 Å². The van der Waals surface area contributed by atoms with Crippen molar-refractivity contribution in [3.05, 3.63) is 105 Å². The monoisotopic (exact) mass is 578 g/mol. The quantitative estimate of drug-likeness (QED) is 0.342. The van der Waals surface area contributed by atoms with E-state index >= 15 is 0 Å². The highest BCUT2D eigenvalue weighted by molar-refractivity contribution is 6.42. The Morgan fingerprint density at radius 2 is 1.62 bits per heavy atom. The molecule has 0 saturated carbocycles. The third-order valence-corrected chi connectivity index (χ3v) is 9.06. The zero-order valence-corrected chi connectivity index (χ0v) is 24.6. The summed E-state index contributed by atoms with van der Waals surface area (Å²) in [4.78, 5) is 31.1. The minimum Gasteiger partial charge on any atom is -0.347 e. The second kappa shape index (κ2) is 12.2. The van der Waals surface area contributed by atoms with Gasteiger partial charge in [0, 0.05) is 46.7 Å². The highest BCUT2D eigenvalue weighted by atomic mass is 35.5. The molecule has 1 atom stereocenters. The van der Waals surface area contributed by atoms with Crippen molar-refractivity contribution in [2.24, 2.45) is 0 Å². The Balaban J connectivity index is 1.14. The first-order chi connectivity index (χ1) is 19.2. The number of benzene rings is 3. The number of carbonyl (C=O) groups is 2. The van der Waals surface area contributed by atoms with Crippen molar-refractivity contribution in [2.45, 2.75) is 44.3 Å². The normalized spacial score (nSPS) is 19.2. The van der Waals surface area contributed by atoms with Gasteiger partial charge < -0.3 is 20.0 Å². The van der Waals surface area contributed by atoms with Gasteiger partial charge in [0.25, 0.3) is 0 Å². The predicted molar refractivity (Wildman–Crippen MR) is 161 cm³/mol. The summed E-state index contributed by atoms with van der Waals surface area (Å²) >= 11 is 12.3. The van der Waals surface area contributed by atoms with Crippen LogP contribution in [0.15, 0.2) is 72.8 Å². The fourth-order valence-corrected chi connectivity index (χ4v) is 6.31. The number of carbonyl (C=O) groups excluding carboxylic acids is 2. The first-order valence-electron chi connectivity index (χ1n) is 13.9. The molecule has 0 spiro atoms. The molecule has 2 aliphatic heterocycles. The fraction of sp³-hybridized carbons (Fsp3) is 0.375. The Kier molecular flexibility index (Phi) is 8.69. The average molecular weight is 580 g/mol. The lowest BCUT2D eigenvalue weighted by molar-refractivity contribution is -0.121. The van der Waals surface area contributed by atoms with Crippen LogP contribution in [0.4, 0.5) is 4.79 Å². The Bertz CT molecular complexity index is 1340. The van der Waals surface area contributed by atoms with Crippen molar-refractivity contribution in [2.75, 3.05) is 33.2 Å². The average Bonchev–Trinajstić information content (AvgIpc) is 3.23. The number of amides is 3. The first kappa shape index (κ1) is 28.5. The van der Waals surface area contributed by atoms with E-state index in [4.69, 9.17) is 23.2 Å². The third kappa shape index (κ3) is 6.30. The maximum atomic E-state index is 12.9. The molecule has 2 aliphatic rings. The highest BCUT2D eigenvalue weighted by Gasteiger charge is 2.37. The van der Waals surface area contributed by atoms with Crippen LogP contribution in [-0.2, 0) is 23.3 Å². The van der Waals surface area contributed by atoms with Crippen LogP contribution in [0.25, 0.3) is 0 Å². The molecule has 2 fully saturated rings. The summed E-state index contributed by atoms with van der Waals surface area (Å²) in [5.41, 5.74) is 4.28. The van der Waals surface area contributed by atoms with Gasteiger partial charge in [-0.05, 0) is 53.6 Å². The summed E-state index contributed by atoms with van der Waals surface area (Å²) < 4.78 is 0. The number of urea groups is 1. The van der Waals surface area contributed by atoms with Crippen LogP contribution in [-0.4, -0.2) is 59.9 Å². The van der Waals surface area contributed by atoms with E-state index in [0.717, 1.165) is 50.0 Å². The topological polar surface area (TPSA) is 55.9 Å². The zero-order chi connectivity index (χ0) is 28.3.